The minimum atomic E-state index is -0.890. The fourth-order valence-electron chi connectivity index (χ4n) is 7.35. The van der Waals surface area contributed by atoms with Crippen LogP contribution in [0, 0.1) is 40.4 Å². The Bertz CT molecular complexity index is 541. The van der Waals surface area contributed by atoms with Crippen LogP contribution in [-0.2, 0) is 9.59 Å². The second kappa shape index (κ2) is 5.07. The fraction of sp³-hybridized carbons (Fsp3) is 0.900. The lowest BCUT2D eigenvalue weighted by molar-refractivity contribution is -0.161. The molecule has 0 aliphatic heterocycles. The van der Waals surface area contributed by atoms with Crippen LogP contribution in [0.5, 0.6) is 0 Å². The highest BCUT2D eigenvalue weighted by molar-refractivity contribution is 5.99. The molecule has 0 aromatic rings. The van der Waals surface area contributed by atoms with Crippen molar-refractivity contribution in [2.75, 3.05) is 0 Å². The molecule has 0 spiro atoms. The van der Waals surface area contributed by atoms with E-state index in [0.29, 0.717) is 30.1 Å². The van der Waals surface area contributed by atoms with Gasteiger partial charge in [-0.3, -0.25) is 9.59 Å². The number of aliphatic carboxylic acids is 1. The Morgan fingerprint density at radius 1 is 1.09 bits per heavy atom. The number of fused-ring (bicyclic) bond motifs is 5. The summed E-state index contributed by atoms with van der Waals surface area (Å²) in [7, 11) is 0. The van der Waals surface area contributed by atoms with Gasteiger partial charge in [0.15, 0.2) is 0 Å². The molecular formula is C20H30O3. The predicted molar refractivity (Wildman–Crippen MR) is 87.9 cm³/mol. The zero-order chi connectivity index (χ0) is 16.4. The van der Waals surface area contributed by atoms with E-state index in [2.05, 4.69) is 13.8 Å². The van der Waals surface area contributed by atoms with Crippen molar-refractivity contribution < 1.29 is 14.7 Å². The maximum absolute atomic E-state index is 12.2. The number of hydrogen-bond acceptors (Lipinski definition) is 2. The highest BCUT2D eigenvalue weighted by Crippen LogP contribution is 2.66. The van der Waals surface area contributed by atoms with Crippen molar-refractivity contribution >= 4 is 11.8 Å². The van der Waals surface area contributed by atoms with E-state index in [1.807, 2.05) is 0 Å². The van der Waals surface area contributed by atoms with Crippen molar-refractivity contribution in [1.29, 1.82) is 0 Å². The molecule has 3 nitrogen and oxygen atoms in total. The molecule has 0 radical (unpaired) electrons. The summed E-state index contributed by atoms with van der Waals surface area (Å²) < 4.78 is 0. The van der Waals surface area contributed by atoms with Crippen molar-refractivity contribution in [1.82, 2.24) is 0 Å². The molecular weight excluding hydrogens is 288 g/mol. The molecule has 7 atom stereocenters. The fourth-order valence-corrected chi connectivity index (χ4v) is 7.35. The Hall–Kier alpha value is -0.860. The molecule has 0 heterocycles. The Labute approximate surface area is 139 Å². The van der Waals surface area contributed by atoms with Crippen molar-refractivity contribution in [3.63, 3.8) is 0 Å². The third-order valence-electron chi connectivity index (χ3n) is 8.62. The molecule has 0 aromatic heterocycles. The topological polar surface area (TPSA) is 54.4 Å². The first-order chi connectivity index (χ1) is 10.8. The average molecular weight is 318 g/mol. The lowest BCUT2D eigenvalue weighted by Crippen LogP contribution is -2.55. The maximum Gasteiger partial charge on any atom is 0.314 e. The van der Waals surface area contributed by atoms with Gasteiger partial charge in [0.2, 0.25) is 0 Å². The summed E-state index contributed by atoms with van der Waals surface area (Å²) in [5, 5.41) is 9.48. The second-order valence-electron chi connectivity index (χ2n) is 9.51. The number of carboxylic acid groups (broad SMARTS) is 1. The van der Waals surface area contributed by atoms with E-state index in [1.165, 1.54) is 38.5 Å². The number of carbonyl (C=O) groups is 2. The van der Waals surface area contributed by atoms with Gasteiger partial charge in [0, 0.05) is 6.42 Å². The van der Waals surface area contributed by atoms with Crippen LogP contribution >= 0.6 is 0 Å². The van der Waals surface area contributed by atoms with Gasteiger partial charge in [-0.25, -0.2) is 0 Å². The van der Waals surface area contributed by atoms with E-state index < -0.39 is 11.9 Å². The number of hydrogen-bond donors (Lipinski definition) is 1. The number of ketones is 1. The van der Waals surface area contributed by atoms with Gasteiger partial charge in [0.05, 0.1) is 0 Å². The van der Waals surface area contributed by atoms with E-state index >= 15 is 0 Å². The summed E-state index contributed by atoms with van der Waals surface area (Å²) >= 11 is 0. The van der Waals surface area contributed by atoms with Gasteiger partial charge >= 0.3 is 5.97 Å². The quantitative estimate of drug-likeness (QED) is 0.733. The van der Waals surface area contributed by atoms with Crippen LogP contribution in [0.15, 0.2) is 0 Å². The van der Waals surface area contributed by atoms with Crippen molar-refractivity contribution in [2.45, 2.75) is 71.6 Å². The predicted octanol–water partition coefficient (Wildman–Crippen LogP) is 4.30. The third-order valence-corrected chi connectivity index (χ3v) is 8.62. The van der Waals surface area contributed by atoms with Crippen LogP contribution in [0.2, 0.25) is 0 Å². The highest BCUT2D eigenvalue weighted by atomic mass is 16.4. The number of Topliss-reactive ketones (excluding diaryl/α,β-unsaturated/α-hetero) is 1. The van der Waals surface area contributed by atoms with Crippen molar-refractivity contribution in [3.8, 4) is 0 Å². The first kappa shape index (κ1) is 15.7. The molecule has 4 rings (SSSR count). The molecule has 4 aliphatic rings. The molecule has 0 amide bonds. The van der Waals surface area contributed by atoms with Crippen LogP contribution in [-0.4, -0.2) is 16.9 Å². The molecule has 4 aliphatic carbocycles. The monoisotopic (exact) mass is 318 g/mol. The summed E-state index contributed by atoms with van der Waals surface area (Å²) in [6.07, 6.45) is 10.2. The van der Waals surface area contributed by atoms with Gasteiger partial charge in [0.1, 0.15) is 11.7 Å². The molecule has 23 heavy (non-hydrogen) atoms. The van der Waals surface area contributed by atoms with Gasteiger partial charge < -0.3 is 5.11 Å². The SMILES string of the molecule is C[C@@]12CCC[C@H]1[C@@H]1CCC3CC(=O)C(C(=O)O)C[C@]3(C)[C@@H]1CC2. The molecule has 2 unspecified atom stereocenters. The Balaban J connectivity index is 1.65. The largest absolute Gasteiger partial charge is 0.481 e. The number of rotatable bonds is 1. The number of carbonyl (C=O) groups excluding carboxylic acids is 1. The maximum atomic E-state index is 12.2. The summed E-state index contributed by atoms with van der Waals surface area (Å²) in [6, 6.07) is 0. The molecule has 4 fully saturated rings. The smallest absolute Gasteiger partial charge is 0.314 e. The van der Waals surface area contributed by atoms with E-state index in [1.54, 1.807) is 0 Å². The highest BCUT2D eigenvalue weighted by Gasteiger charge is 2.59. The minimum absolute atomic E-state index is 0.0139. The van der Waals surface area contributed by atoms with Gasteiger partial charge in [-0.2, -0.15) is 0 Å². The Kier molecular flexibility index (Phi) is 3.45. The molecule has 1 N–H and O–H groups in total. The third kappa shape index (κ3) is 2.14. The molecule has 4 saturated carbocycles. The number of carboxylic acids is 1. The molecule has 128 valence electrons. The second-order valence-corrected chi connectivity index (χ2v) is 9.51. The van der Waals surface area contributed by atoms with E-state index in [-0.39, 0.29) is 11.2 Å². The molecule has 0 saturated heterocycles. The van der Waals surface area contributed by atoms with Crippen LogP contribution in [0.4, 0.5) is 0 Å². The summed E-state index contributed by atoms with van der Waals surface area (Å²) in [4.78, 5) is 23.8. The van der Waals surface area contributed by atoms with Crippen molar-refractivity contribution in [2.24, 2.45) is 40.4 Å². The minimum Gasteiger partial charge on any atom is -0.481 e. The molecule has 0 aromatic carbocycles. The first-order valence-electron chi connectivity index (χ1n) is 9.61. The van der Waals surface area contributed by atoms with Gasteiger partial charge in [0.25, 0.3) is 0 Å². The lowest BCUT2D eigenvalue weighted by atomic mass is 9.44. The normalized spacial score (nSPS) is 52.4. The van der Waals surface area contributed by atoms with Gasteiger partial charge in [-0.1, -0.05) is 20.3 Å². The summed E-state index contributed by atoms with van der Waals surface area (Å²) in [5.74, 6) is 1.05. The van der Waals surface area contributed by atoms with Crippen LogP contribution < -0.4 is 0 Å². The lowest BCUT2D eigenvalue weighted by Gasteiger charge is -2.60. The van der Waals surface area contributed by atoms with Crippen LogP contribution in [0.25, 0.3) is 0 Å². The zero-order valence-corrected chi connectivity index (χ0v) is 14.5. The van der Waals surface area contributed by atoms with E-state index in [4.69, 9.17) is 0 Å². The van der Waals surface area contributed by atoms with E-state index in [0.717, 1.165) is 18.3 Å². The molecule has 3 heteroatoms. The first-order valence-corrected chi connectivity index (χ1v) is 9.61. The average Bonchev–Trinajstić information content (AvgIpc) is 2.89. The Morgan fingerprint density at radius 2 is 1.87 bits per heavy atom. The van der Waals surface area contributed by atoms with Crippen LogP contribution in [0.1, 0.15) is 71.6 Å². The molecule has 0 bridgehead atoms. The van der Waals surface area contributed by atoms with Crippen molar-refractivity contribution in [3.05, 3.63) is 0 Å². The van der Waals surface area contributed by atoms with E-state index in [9.17, 15) is 14.7 Å². The standard InChI is InChI=1S/C20H30O3/c1-19-8-3-4-15(19)13-6-5-12-10-17(21)14(18(22)23)11-20(12,2)16(13)7-9-19/h12-16H,3-11H2,1-2H3,(H,22,23)/t12?,13-,14?,15-,16+,19-,20-/m0/s1. The Morgan fingerprint density at radius 3 is 2.61 bits per heavy atom. The summed E-state index contributed by atoms with van der Waals surface area (Å²) in [6.45, 7) is 4.83. The van der Waals surface area contributed by atoms with Gasteiger partial charge in [-0.15, -0.1) is 0 Å². The summed E-state index contributed by atoms with van der Waals surface area (Å²) in [5.41, 5.74) is 0.616. The van der Waals surface area contributed by atoms with Gasteiger partial charge in [-0.05, 0) is 79.4 Å². The zero-order valence-electron chi connectivity index (χ0n) is 14.5. The van der Waals surface area contributed by atoms with Crippen LogP contribution in [0.3, 0.4) is 0 Å².